The van der Waals surface area contributed by atoms with Crippen molar-refractivity contribution >= 4 is 28.4 Å². The summed E-state index contributed by atoms with van der Waals surface area (Å²) in [7, 11) is 0. The van der Waals surface area contributed by atoms with Gasteiger partial charge in [-0.25, -0.2) is 4.98 Å². The van der Waals surface area contributed by atoms with Crippen LogP contribution in [0.15, 0.2) is 41.4 Å². The number of nitrogens with one attached hydrogen (secondary N) is 1. The van der Waals surface area contributed by atoms with Gasteiger partial charge in [-0.1, -0.05) is 6.07 Å². The Kier molecular flexibility index (Phi) is 4.05. The second-order valence-corrected chi connectivity index (χ2v) is 5.97. The van der Waals surface area contributed by atoms with E-state index in [-0.39, 0.29) is 6.61 Å². The highest BCUT2D eigenvalue weighted by atomic mass is 32.1. The van der Waals surface area contributed by atoms with Crippen molar-refractivity contribution in [3.63, 3.8) is 0 Å². The van der Waals surface area contributed by atoms with Gasteiger partial charge in [0, 0.05) is 17.1 Å². The molecule has 0 aliphatic carbocycles. The Morgan fingerprint density at radius 1 is 1.25 bits per heavy atom. The van der Waals surface area contributed by atoms with E-state index in [9.17, 15) is 5.11 Å². The highest BCUT2D eigenvalue weighted by Gasteiger charge is 2.06. The molecule has 0 amide bonds. The number of thiophene rings is 1. The summed E-state index contributed by atoms with van der Waals surface area (Å²) >= 11 is 3.34. The van der Waals surface area contributed by atoms with Crippen LogP contribution in [-0.2, 0) is 13.2 Å². The average Bonchev–Trinajstić information content (AvgIpc) is 3.16. The molecule has 102 valence electrons. The SMILES string of the molecule is OCc1ccncc1NCc1csc(-c2cccs2)n1. The van der Waals surface area contributed by atoms with Crippen LogP contribution in [-0.4, -0.2) is 15.1 Å². The Balaban J connectivity index is 1.70. The number of aliphatic hydroxyl groups is 1. The van der Waals surface area contributed by atoms with Gasteiger partial charge in [0.05, 0.1) is 35.6 Å². The van der Waals surface area contributed by atoms with E-state index in [1.54, 1.807) is 41.1 Å². The Labute approximate surface area is 124 Å². The van der Waals surface area contributed by atoms with E-state index in [4.69, 9.17) is 0 Å². The number of aromatic nitrogens is 2. The minimum Gasteiger partial charge on any atom is -0.392 e. The van der Waals surface area contributed by atoms with Crippen molar-refractivity contribution in [1.82, 2.24) is 9.97 Å². The molecule has 0 aromatic carbocycles. The van der Waals surface area contributed by atoms with E-state index >= 15 is 0 Å². The average molecular weight is 303 g/mol. The van der Waals surface area contributed by atoms with Gasteiger partial charge < -0.3 is 10.4 Å². The number of hydrogen-bond acceptors (Lipinski definition) is 6. The zero-order valence-electron chi connectivity index (χ0n) is 10.6. The molecule has 0 bridgehead atoms. The Morgan fingerprint density at radius 2 is 2.20 bits per heavy atom. The first-order valence-corrected chi connectivity index (χ1v) is 7.88. The number of nitrogens with zero attached hydrogens (tertiary/aromatic N) is 2. The van der Waals surface area contributed by atoms with Crippen LogP contribution in [0.2, 0.25) is 0 Å². The van der Waals surface area contributed by atoms with Crippen LogP contribution in [0.1, 0.15) is 11.3 Å². The lowest BCUT2D eigenvalue weighted by molar-refractivity contribution is 0.282. The monoisotopic (exact) mass is 303 g/mol. The molecule has 0 unspecified atom stereocenters. The van der Waals surface area contributed by atoms with Crippen molar-refractivity contribution in [1.29, 1.82) is 0 Å². The van der Waals surface area contributed by atoms with Gasteiger partial charge in [0.1, 0.15) is 5.01 Å². The number of hydrogen-bond donors (Lipinski definition) is 2. The standard InChI is InChI=1S/C14H13N3OS2/c18-8-10-3-4-15-7-12(10)16-6-11-9-20-14(17-11)13-2-1-5-19-13/h1-5,7,9,16,18H,6,8H2. The smallest absolute Gasteiger partial charge is 0.133 e. The quantitative estimate of drug-likeness (QED) is 0.758. The van der Waals surface area contributed by atoms with E-state index < -0.39 is 0 Å². The first-order chi connectivity index (χ1) is 9.86. The molecule has 0 atom stereocenters. The third kappa shape index (κ3) is 2.87. The molecule has 0 radical (unpaired) electrons. The second kappa shape index (κ2) is 6.13. The molecule has 3 heterocycles. The molecule has 3 aromatic heterocycles. The Bertz CT molecular complexity index is 679. The fraction of sp³-hybridized carbons (Fsp3) is 0.143. The lowest BCUT2D eigenvalue weighted by Crippen LogP contribution is -2.03. The normalized spacial score (nSPS) is 10.7. The molecule has 0 saturated heterocycles. The fourth-order valence-electron chi connectivity index (χ4n) is 1.81. The molecule has 0 aliphatic heterocycles. The predicted octanol–water partition coefficient (Wildman–Crippen LogP) is 3.37. The van der Waals surface area contributed by atoms with Crippen molar-refractivity contribution in [2.24, 2.45) is 0 Å². The minimum atomic E-state index is 0.00235. The summed E-state index contributed by atoms with van der Waals surface area (Å²) < 4.78 is 0. The maximum Gasteiger partial charge on any atom is 0.133 e. The molecular weight excluding hydrogens is 290 g/mol. The molecule has 0 spiro atoms. The van der Waals surface area contributed by atoms with Gasteiger partial charge in [-0.05, 0) is 17.5 Å². The highest BCUT2D eigenvalue weighted by molar-refractivity contribution is 7.20. The van der Waals surface area contributed by atoms with Gasteiger partial charge in [0.2, 0.25) is 0 Å². The van der Waals surface area contributed by atoms with Crippen LogP contribution in [0.4, 0.5) is 5.69 Å². The molecule has 3 rings (SSSR count). The summed E-state index contributed by atoms with van der Waals surface area (Å²) in [6.07, 6.45) is 3.40. The van der Waals surface area contributed by atoms with Crippen LogP contribution in [0.25, 0.3) is 9.88 Å². The van der Waals surface area contributed by atoms with Crippen molar-refractivity contribution in [3.8, 4) is 9.88 Å². The van der Waals surface area contributed by atoms with E-state index in [0.29, 0.717) is 6.54 Å². The largest absolute Gasteiger partial charge is 0.392 e. The van der Waals surface area contributed by atoms with E-state index in [1.165, 1.54) is 4.88 Å². The lowest BCUT2D eigenvalue weighted by Gasteiger charge is -2.08. The van der Waals surface area contributed by atoms with Crippen LogP contribution in [0.5, 0.6) is 0 Å². The van der Waals surface area contributed by atoms with Crippen LogP contribution >= 0.6 is 22.7 Å². The van der Waals surface area contributed by atoms with Gasteiger partial charge in [-0.2, -0.15) is 0 Å². The maximum absolute atomic E-state index is 9.26. The molecule has 2 N–H and O–H groups in total. The zero-order chi connectivity index (χ0) is 13.8. The first kappa shape index (κ1) is 13.2. The third-order valence-corrected chi connectivity index (χ3v) is 4.76. The minimum absolute atomic E-state index is 0.00235. The lowest BCUT2D eigenvalue weighted by atomic mass is 10.2. The molecule has 0 fully saturated rings. The van der Waals surface area contributed by atoms with Crippen molar-refractivity contribution < 1.29 is 5.11 Å². The summed E-state index contributed by atoms with van der Waals surface area (Å²) in [6, 6.07) is 5.91. The van der Waals surface area contributed by atoms with Crippen LogP contribution in [0.3, 0.4) is 0 Å². The topological polar surface area (TPSA) is 58.0 Å². The van der Waals surface area contributed by atoms with E-state index in [2.05, 4.69) is 32.1 Å². The van der Waals surface area contributed by atoms with Crippen molar-refractivity contribution in [2.45, 2.75) is 13.2 Å². The predicted molar refractivity (Wildman–Crippen MR) is 82.9 cm³/mol. The van der Waals surface area contributed by atoms with Gasteiger partial charge in [-0.3, -0.25) is 4.98 Å². The summed E-state index contributed by atoms with van der Waals surface area (Å²) in [5.74, 6) is 0. The first-order valence-electron chi connectivity index (χ1n) is 6.12. The maximum atomic E-state index is 9.26. The van der Waals surface area contributed by atoms with Crippen LogP contribution < -0.4 is 5.32 Å². The van der Waals surface area contributed by atoms with E-state index in [0.717, 1.165) is 22.0 Å². The number of thiazole rings is 1. The number of aliphatic hydroxyl groups excluding tert-OH is 1. The molecule has 20 heavy (non-hydrogen) atoms. The molecular formula is C14H13N3OS2. The molecule has 3 aromatic rings. The third-order valence-electron chi connectivity index (χ3n) is 2.83. The highest BCUT2D eigenvalue weighted by Crippen LogP contribution is 2.28. The molecule has 6 heteroatoms. The Morgan fingerprint density at radius 3 is 3.00 bits per heavy atom. The van der Waals surface area contributed by atoms with Crippen molar-refractivity contribution in [3.05, 3.63) is 52.6 Å². The summed E-state index contributed by atoms with van der Waals surface area (Å²) in [6.45, 7) is 0.628. The number of pyridine rings is 1. The van der Waals surface area contributed by atoms with Gasteiger partial charge in [0.25, 0.3) is 0 Å². The van der Waals surface area contributed by atoms with Gasteiger partial charge in [-0.15, -0.1) is 22.7 Å². The Hall–Kier alpha value is -1.76. The number of rotatable bonds is 5. The molecule has 0 saturated carbocycles. The second-order valence-electron chi connectivity index (χ2n) is 4.17. The fourth-order valence-corrected chi connectivity index (χ4v) is 3.44. The summed E-state index contributed by atoms with van der Waals surface area (Å²) in [5, 5.41) is 17.7. The van der Waals surface area contributed by atoms with Crippen LogP contribution in [0, 0.1) is 0 Å². The molecule has 0 aliphatic rings. The summed E-state index contributed by atoms with van der Waals surface area (Å²) in [5.41, 5.74) is 2.68. The van der Waals surface area contributed by atoms with Crippen molar-refractivity contribution in [2.75, 3.05) is 5.32 Å². The summed E-state index contributed by atoms with van der Waals surface area (Å²) in [4.78, 5) is 9.86. The van der Waals surface area contributed by atoms with Gasteiger partial charge >= 0.3 is 0 Å². The van der Waals surface area contributed by atoms with Gasteiger partial charge in [0.15, 0.2) is 0 Å². The number of anilines is 1. The molecule has 4 nitrogen and oxygen atoms in total. The zero-order valence-corrected chi connectivity index (χ0v) is 12.2. The van der Waals surface area contributed by atoms with E-state index in [1.807, 2.05) is 6.07 Å².